The Morgan fingerprint density at radius 1 is 1.40 bits per heavy atom. The first-order chi connectivity index (χ1) is 12.2. The van der Waals surface area contributed by atoms with Crippen LogP contribution in [0.4, 0.5) is 4.39 Å². The van der Waals surface area contributed by atoms with Crippen molar-refractivity contribution in [3.63, 3.8) is 0 Å². The van der Waals surface area contributed by atoms with Crippen molar-refractivity contribution in [3.8, 4) is 6.07 Å². The highest BCUT2D eigenvalue weighted by Crippen LogP contribution is 2.22. The molecule has 0 radical (unpaired) electrons. The summed E-state index contributed by atoms with van der Waals surface area (Å²) in [6.07, 6.45) is 4.35. The standard InChI is InChI=1S/C18H18FN5O/c19-16-5-17(24(11-16)10-14-7-21-12-22-8-14)9-23-18(25)15-3-1-2-13(4-15)6-20/h1-4,7-8,12,16-17H,5,9-11H2,(H,23,25)/t16-,17-/m0/s1. The first-order valence-corrected chi connectivity index (χ1v) is 8.06. The molecule has 3 rings (SSSR count). The molecule has 128 valence electrons. The topological polar surface area (TPSA) is 81.9 Å². The van der Waals surface area contributed by atoms with Gasteiger partial charge in [-0.1, -0.05) is 6.07 Å². The number of carbonyl (C=O) groups is 1. The van der Waals surface area contributed by atoms with Crippen LogP contribution in [0.1, 0.15) is 27.9 Å². The van der Waals surface area contributed by atoms with Crippen LogP contribution in [-0.4, -0.2) is 46.1 Å². The van der Waals surface area contributed by atoms with Gasteiger partial charge in [0.1, 0.15) is 12.5 Å². The van der Waals surface area contributed by atoms with Gasteiger partial charge >= 0.3 is 0 Å². The quantitative estimate of drug-likeness (QED) is 0.896. The molecule has 0 aliphatic carbocycles. The Bertz CT molecular complexity index is 777. The summed E-state index contributed by atoms with van der Waals surface area (Å²) in [6.45, 7) is 1.23. The number of nitrogens with zero attached hydrogens (tertiary/aromatic N) is 4. The number of carbonyl (C=O) groups excluding carboxylic acids is 1. The second-order valence-electron chi connectivity index (χ2n) is 6.07. The van der Waals surface area contributed by atoms with Crippen LogP contribution in [0.2, 0.25) is 0 Å². The van der Waals surface area contributed by atoms with Gasteiger partial charge in [0.15, 0.2) is 0 Å². The molecule has 1 aliphatic rings. The molecule has 0 unspecified atom stereocenters. The number of rotatable bonds is 5. The number of alkyl halides is 1. The highest BCUT2D eigenvalue weighted by Gasteiger charge is 2.32. The van der Waals surface area contributed by atoms with E-state index >= 15 is 0 Å². The van der Waals surface area contributed by atoms with Crippen molar-refractivity contribution >= 4 is 5.91 Å². The van der Waals surface area contributed by atoms with Gasteiger partial charge in [-0.25, -0.2) is 14.4 Å². The molecule has 0 spiro atoms. The van der Waals surface area contributed by atoms with E-state index < -0.39 is 6.17 Å². The number of hydrogen-bond donors (Lipinski definition) is 1. The zero-order chi connectivity index (χ0) is 17.6. The first kappa shape index (κ1) is 17.0. The molecule has 1 aromatic carbocycles. The fourth-order valence-electron chi connectivity index (χ4n) is 3.02. The molecule has 1 aromatic heterocycles. The minimum atomic E-state index is -0.909. The van der Waals surface area contributed by atoms with Crippen LogP contribution in [0.5, 0.6) is 0 Å². The number of hydrogen-bond acceptors (Lipinski definition) is 5. The Hall–Kier alpha value is -2.85. The number of benzene rings is 1. The zero-order valence-electron chi connectivity index (χ0n) is 13.6. The van der Waals surface area contributed by atoms with Crippen molar-refractivity contribution in [2.24, 2.45) is 0 Å². The summed E-state index contributed by atoms with van der Waals surface area (Å²) in [6, 6.07) is 8.44. The highest BCUT2D eigenvalue weighted by molar-refractivity contribution is 5.94. The maximum Gasteiger partial charge on any atom is 0.251 e. The van der Waals surface area contributed by atoms with E-state index in [2.05, 4.69) is 15.3 Å². The SMILES string of the molecule is N#Cc1cccc(C(=O)NC[C@@H]2C[C@H](F)CN2Cc2cncnc2)c1. The lowest BCUT2D eigenvalue weighted by molar-refractivity contribution is 0.0939. The molecule has 1 amide bonds. The number of aromatic nitrogens is 2. The van der Waals surface area contributed by atoms with Gasteiger partial charge < -0.3 is 5.32 Å². The summed E-state index contributed by atoms with van der Waals surface area (Å²) in [5.74, 6) is -0.262. The second-order valence-corrected chi connectivity index (χ2v) is 6.07. The average molecular weight is 339 g/mol. The summed E-state index contributed by atoms with van der Waals surface area (Å²) in [7, 11) is 0. The maximum absolute atomic E-state index is 13.9. The molecule has 1 saturated heterocycles. The van der Waals surface area contributed by atoms with E-state index in [4.69, 9.17) is 5.26 Å². The van der Waals surface area contributed by atoms with E-state index in [-0.39, 0.29) is 11.9 Å². The molecule has 1 aliphatic heterocycles. The van der Waals surface area contributed by atoms with Crippen molar-refractivity contribution in [1.82, 2.24) is 20.2 Å². The Labute approximate surface area is 145 Å². The van der Waals surface area contributed by atoms with Gasteiger partial charge in [-0.05, 0) is 24.6 Å². The Morgan fingerprint density at radius 2 is 2.20 bits per heavy atom. The summed E-state index contributed by atoms with van der Waals surface area (Å²) >= 11 is 0. The molecule has 0 saturated carbocycles. The molecule has 7 heteroatoms. The van der Waals surface area contributed by atoms with Crippen molar-refractivity contribution in [2.45, 2.75) is 25.2 Å². The Kier molecular flexibility index (Phi) is 5.31. The van der Waals surface area contributed by atoms with E-state index in [9.17, 15) is 9.18 Å². The number of nitrogens with one attached hydrogen (secondary N) is 1. The van der Waals surface area contributed by atoms with Gasteiger partial charge in [0.05, 0.1) is 11.6 Å². The van der Waals surface area contributed by atoms with Crippen LogP contribution in [0.15, 0.2) is 43.0 Å². The molecule has 1 fully saturated rings. The predicted molar refractivity (Wildman–Crippen MR) is 89.2 cm³/mol. The summed E-state index contributed by atoms with van der Waals surface area (Å²) in [5.41, 5.74) is 1.77. The molecule has 6 nitrogen and oxygen atoms in total. The lowest BCUT2D eigenvalue weighted by Crippen LogP contribution is -2.39. The minimum Gasteiger partial charge on any atom is -0.350 e. The van der Waals surface area contributed by atoms with Gasteiger partial charge in [-0.2, -0.15) is 5.26 Å². The third-order valence-electron chi connectivity index (χ3n) is 4.23. The molecule has 2 atom stereocenters. The largest absolute Gasteiger partial charge is 0.350 e. The fourth-order valence-corrected chi connectivity index (χ4v) is 3.02. The molecule has 1 N–H and O–H groups in total. The summed E-state index contributed by atoms with van der Waals surface area (Å²) < 4.78 is 13.9. The van der Waals surface area contributed by atoms with Crippen LogP contribution in [0, 0.1) is 11.3 Å². The number of halogens is 1. The maximum atomic E-state index is 13.9. The molecule has 2 aromatic rings. The van der Waals surface area contributed by atoms with Gasteiger partial charge in [0.25, 0.3) is 5.91 Å². The van der Waals surface area contributed by atoms with Crippen LogP contribution >= 0.6 is 0 Å². The highest BCUT2D eigenvalue weighted by atomic mass is 19.1. The second kappa shape index (κ2) is 7.81. The van der Waals surface area contributed by atoms with E-state index in [1.165, 1.54) is 6.33 Å². The number of nitriles is 1. The summed E-state index contributed by atoms with van der Waals surface area (Å²) in [4.78, 5) is 22.2. The molecule has 25 heavy (non-hydrogen) atoms. The van der Waals surface area contributed by atoms with Crippen molar-refractivity contribution in [1.29, 1.82) is 5.26 Å². The Balaban J connectivity index is 1.60. The predicted octanol–water partition coefficient (Wildman–Crippen LogP) is 1.69. The lowest BCUT2D eigenvalue weighted by atomic mass is 10.1. The van der Waals surface area contributed by atoms with Crippen LogP contribution in [0.25, 0.3) is 0 Å². The van der Waals surface area contributed by atoms with E-state index in [0.29, 0.717) is 37.2 Å². The third-order valence-corrected chi connectivity index (χ3v) is 4.23. The van der Waals surface area contributed by atoms with Gasteiger partial charge in [0, 0.05) is 49.2 Å². The molecule has 2 heterocycles. The van der Waals surface area contributed by atoms with E-state index in [0.717, 1.165) is 5.56 Å². The normalized spacial score (nSPS) is 20.2. The van der Waals surface area contributed by atoms with Gasteiger partial charge in [0.2, 0.25) is 0 Å². The molecular weight excluding hydrogens is 321 g/mol. The van der Waals surface area contributed by atoms with Crippen molar-refractivity contribution in [3.05, 3.63) is 59.7 Å². The van der Waals surface area contributed by atoms with Crippen molar-refractivity contribution < 1.29 is 9.18 Å². The smallest absolute Gasteiger partial charge is 0.251 e. The van der Waals surface area contributed by atoms with E-state index in [1.54, 1.807) is 36.7 Å². The number of likely N-dealkylation sites (tertiary alicyclic amines) is 1. The van der Waals surface area contributed by atoms with Crippen LogP contribution in [0.3, 0.4) is 0 Å². The molecular formula is C18H18FN5O. The van der Waals surface area contributed by atoms with Crippen LogP contribution < -0.4 is 5.32 Å². The average Bonchev–Trinajstić information content (AvgIpc) is 2.99. The van der Waals surface area contributed by atoms with Gasteiger partial charge in [-0.3, -0.25) is 9.69 Å². The van der Waals surface area contributed by atoms with Crippen molar-refractivity contribution in [2.75, 3.05) is 13.1 Å². The molecule has 0 bridgehead atoms. The monoisotopic (exact) mass is 339 g/mol. The summed E-state index contributed by atoms with van der Waals surface area (Å²) in [5, 5.41) is 11.8. The first-order valence-electron chi connectivity index (χ1n) is 8.06. The van der Waals surface area contributed by atoms with Crippen LogP contribution in [-0.2, 0) is 6.54 Å². The zero-order valence-corrected chi connectivity index (χ0v) is 13.6. The Morgan fingerprint density at radius 3 is 2.96 bits per heavy atom. The van der Waals surface area contributed by atoms with Gasteiger partial charge in [-0.15, -0.1) is 0 Å². The third kappa shape index (κ3) is 4.37. The fraction of sp³-hybridized carbons (Fsp3) is 0.333. The number of amides is 1. The van der Waals surface area contributed by atoms with E-state index in [1.807, 2.05) is 11.0 Å². The minimum absolute atomic E-state index is 0.0849. The lowest BCUT2D eigenvalue weighted by Gasteiger charge is -2.24.